The lowest BCUT2D eigenvalue weighted by Crippen LogP contribution is -2.29. The molecule has 0 spiro atoms. The van der Waals surface area contributed by atoms with Gasteiger partial charge >= 0.3 is 0 Å². The maximum absolute atomic E-state index is 12.0. The van der Waals surface area contributed by atoms with Gasteiger partial charge in [-0.15, -0.1) is 0 Å². The Labute approximate surface area is 139 Å². The summed E-state index contributed by atoms with van der Waals surface area (Å²) in [6.07, 6.45) is 1.39. The summed E-state index contributed by atoms with van der Waals surface area (Å²) in [5.41, 5.74) is 0.638. The molecule has 2 rings (SSSR count). The van der Waals surface area contributed by atoms with Crippen molar-refractivity contribution in [1.29, 1.82) is 0 Å². The Morgan fingerprint density at radius 3 is 2.74 bits per heavy atom. The van der Waals surface area contributed by atoms with Gasteiger partial charge in [0.1, 0.15) is 12.3 Å². The lowest BCUT2D eigenvalue weighted by Gasteiger charge is -2.09. The number of halogens is 1. The van der Waals surface area contributed by atoms with Gasteiger partial charge < -0.3 is 15.0 Å². The van der Waals surface area contributed by atoms with E-state index in [4.69, 9.17) is 16.3 Å². The van der Waals surface area contributed by atoms with Gasteiger partial charge in [0.2, 0.25) is 5.43 Å². The standard InChI is InChI=1S/C17H19ClN2O3/c1-11(2)8-20-17(22)14-7-15(21)16(9-19-14)23-10-12-5-3-4-6-13(12)18/h3-7,9,11H,8,10H2,1-2H3,(H,19,21)(H,20,22). The average molecular weight is 335 g/mol. The molecule has 0 radical (unpaired) electrons. The van der Waals surface area contributed by atoms with Gasteiger partial charge in [-0.1, -0.05) is 43.6 Å². The van der Waals surface area contributed by atoms with Crippen molar-refractivity contribution in [2.75, 3.05) is 6.54 Å². The molecule has 0 aliphatic carbocycles. The lowest BCUT2D eigenvalue weighted by atomic mass is 10.2. The number of rotatable bonds is 6. The molecule has 0 unspecified atom stereocenters. The number of hydrogen-bond donors (Lipinski definition) is 2. The summed E-state index contributed by atoms with van der Waals surface area (Å²) in [5.74, 6) is 0.169. The number of benzene rings is 1. The average Bonchev–Trinajstić information content (AvgIpc) is 2.52. The molecular formula is C17H19ClN2O3. The molecule has 6 heteroatoms. The Bertz CT molecular complexity index is 741. The number of hydrogen-bond acceptors (Lipinski definition) is 3. The SMILES string of the molecule is CC(C)CNC(=O)c1cc(=O)c(OCc2ccccc2Cl)c[nH]1. The van der Waals surface area contributed by atoms with Crippen molar-refractivity contribution in [1.82, 2.24) is 10.3 Å². The van der Waals surface area contributed by atoms with E-state index in [2.05, 4.69) is 10.3 Å². The zero-order valence-corrected chi connectivity index (χ0v) is 13.8. The summed E-state index contributed by atoms with van der Waals surface area (Å²) < 4.78 is 5.48. The van der Waals surface area contributed by atoms with Gasteiger partial charge in [0.05, 0.1) is 0 Å². The molecule has 23 heavy (non-hydrogen) atoms. The molecule has 2 aromatic rings. The Hall–Kier alpha value is -2.27. The summed E-state index contributed by atoms with van der Waals surface area (Å²) in [6.45, 7) is 4.72. The van der Waals surface area contributed by atoms with Crippen LogP contribution in [0.25, 0.3) is 0 Å². The van der Waals surface area contributed by atoms with Crippen molar-refractivity contribution >= 4 is 17.5 Å². The molecule has 2 N–H and O–H groups in total. The van der Waals surface area contributed by atoms with Crippen LogP contribution >= 0.6 is 11.6 Å². The quantitative estimate of drug-likeness (QED) is 0.853. The van der Waals surface area contributed by atoms with Gasteiger partial charge in [0, 0.05) is 29.4 Å². The monoisotopic (exact) mass is 334 g/mol. The van der Waals surface area contributed by atoms with Crippen LogP contribution in [-0.4, -0.2) is 17.4 Å². The number of carbonyl (C=O) groups excluding carboxylic acids is 1. The summed E-state index contributed by atoms with van der Waals surface area (Å²) >= 11 is 6.04. The van der Waals surface area contributed by atoms with E-state index in [0.29, 0.717) is 17.5 Å². The number of aromatic amines is 1. The maximum atomic E-state index is 12.0. The first-order valence-corrected chi connectivity index (χ1v) is 7.72. The van der Waals surface area contributed by atoms with Crippen LogP contribution in [0.15, 0.2) is 41.3 Å². The second-order valence-electron chi connectivity index (χ2n) is 5.56. The molecule has 0 fully saturated rings. The fourth-order valence-corrected chi connectivity index (χ4v) is 2.06. The smallest absolute Gasteiger partial charge is 0.267 e. The summed E-state index contributed by atoms with van der Waals surface area (Å²) in [6, 6.07) is 8.48. The number of nitrogens with one attached hydrogen (secondary N) is 2. The van der Waals surface area contributed by atoms with Crippen molar-refractivity contribution < 1.29 is 9.53 Å². The fraction of sp³-hybridized carbons (Fsp3) is 0.294. The predicted molar refractivity (Wildman–Crippen MR) is 90.0 cm³/mol. The molecule has 5 nitrogen and oxygen atoms in total. The van der Waals surface area contributed by atoms with Gasteiger partial charge in [-0.05, 0) is 12.0 Å². The van der Waals surface area contributed by atoms with Crippen LogP contribution in [0.5, 0.6) is 5.75 Å². The van der Waals surface area contributed by atoms with Crippen molar-refractivity contribution in [3.63, 3.8) is 0 Å². The predicted octanol–water partition coefficient (Wildman–Crippen LogP) is 2.99. The molecule has 122 valence electrons. The molecule has 0 bridgehead atoms. The molecule has 1 aromatic carbocycles. The summed E-state index contributed by atoms with van der Waals surface area (Å²) in [7, 11) is 0. The molecule has 0 aliphatic rings. The van der Waals surface area contributed by atoms with E-state index in [1.807, 2.05) is 32.0 Å². The van der Waals surface area contributed by atoms with E-state index < -0.39 is 0 Å². The van der Waals surface area contributed by atoms with Gasteiger partial charge in [0.25, 0.3) is 5.91 Å². The summed E-state index contributed by atoms with van der Waals surface area (Å²) in [5, 5.41) is 3.32. The van der Waals surface area contributed by atoms with Gasteiger partial charge in [-0.25, -0.2) is 0 Å². The molecule has 0 atom stereocenters. The van der Waals surface area contributed by atoms with E-state index in [1.165, 1.54) is 12.3 Å². The Morgan fingerprint density at radius 1 is 1.35 bits per heavy atom. The third kappa shape index (κ3) is 4.86. The zero-order chi connectivity index (χ0) is 16.8. The second kappa shape index (κ2) is 7.83. The first kappa shape index (κ1) is 17.1. The normalized spacial score (nSPS) is 10.6. The van der Waals surface area contributed by atoms with Crippen molar-refractivity contribution in [3.8, 4) is 5.75 Å². The van der Waals surface area contributed by atoms with Crippen LogP contribution in [0.2, 0.25) is 5.02 Å². The Kier molecular flexibility index (Phi) is 5.82. The van der Waals surface area contributed by atoms with Crippen LogP contribution < -0.4 is 15.5 Å². The minimum Gasteiger partial charge on any atom is -0.483 e. The van der Waals surface area contributed by atoms with Crippen molar-refractivity contribution in [3.05, 3.63) is 63.0 Å². The van der Waals surface area contributed by atoms with Gasteiger partial charge in [0.15, 0.2) is 5.75 Å². The number of H-pyrrole nitrogens is 1. The third-order valence-corrected chi connectivity index (χ3v) is 3.50. The fourth-order valence-electron chi connectivity index (χ4n) is 1.87. The molecule has 1 aromatic heterocycles. The minimum absolute atomic E-state index is 0.144. The number of pyridine rings is 1. The van der Waals surface area contributed by atoms with E-state index in [0.717, 1.165) is 5.56 Å². The number of carbonyl (C=O) groups is 1. The lowest BCUT2D eigenvalue weighted by molar-refractivity contribution is 0.0944. The minimum atomic E-state index is -0.356. The highest BCUT2D eigenvalue weighted by Crippen LogP contribution is 2.16. The highest BCUT2D eigenvalue weighted by Gasteiger charge is 2.10. The van der Waals surface area contributed by atoms with Crippen LogP contribution in [0.1, 0.15) is 29.9 Å². The molecule has 0 saturated heterocycles. The van der Waals surface area contributed by atoms with Gasteiger partial charge in [-0.2, -0.15) is 0 Å². The first-order valence-electron chi connectivity index (χ1n) is 7.34. The Morgan fingerprint density at radius 2 is 2.09 bits per heavy atom. The number of amides is 1. The van der Waals surface area contributed by atoms with E-state index in [9.17, 15) is 9.59 Å². The zero-order valence-electron chi connectivity index (χ0n) is 13.1. The van der Waals surface area contributed by atoms with Crippen LogP contribution in [0.3, 0.4) is 0 Å². The molecule has 0 aliphatic heterocycles. The van der Waals surface area contributed by atoms with Crippen LogP contribution in [0, 0.1) is 5.92 Å². The maximum Gasteiger partial charge on any atom is 0.267 e. The van der Waals surface area contributed by atoms with Crippen molar-refractivity contribution in [2.45, 2.75) is 20.5 Å². The van der Waals surface area contributed by atoms with E-state index in [1.54, 1.807) is 6.07 Å². The second-order valence-corrected chi connectivity index (χ2v) is 5.97. The highest BCUT2D eigenvalue weighted by molar-refractivity contribution is 6.31. The molecular weight excluding hydrogens is 316 g/mol. The van der Waals surface area contributed by atoms with E-state index in [-0.39, 0.29) is 29.4 Å². The number of aromatic nitrogens is 1. The summed E-state index contributed by atoms with van der Waals surface area (Å²) in [4.78, 5) is 26.7. The first-order chi connectivity index (χ1) is 11.0. The van der Waals surface area contributed by atoms with Gasteiger partial charge in [-0.3, -0.25) is 9.59 Å². The Balaban J connectivity index is 2.03. The molecule has 1 amide bonds. The number of ether oxygens (including phenoxy) is 1. The third-order valence-electron chi connectivity index (χ3n) is 3.13. The molecule has 1 heterocycles. The largest absolute Gasteiger partial charge is 0.483 e. The van der Waals surface area contributed by atoms with Crippen molar-refractivity contribution in [2.24, 2.45) is 5.92 Å². The topological polar surface area (TPSA) is 71.2 Å². The van der Waals surface area contributed by atoms with E-state index >= 15 is 0 Å². The van der Waals surface area contributed by atoms with Crippen LogP contribution in [-0.2, 0) is 6.61 Å². The highest BCUT2D eigenvalue weighted by atomic mass is 35.5. The van der Waals surface area contributed by atoms with Crippen LogP contribution in [0.4, 0.5) is 0 Å². The molecule has 0 saturated carbocycles.